The maximum atomic E-state index is 12.8. The molecule has 5 heteroatoms. The van der Waals surface area contributed by atoms with Crippen LogP contribution in [0.2, 0.25) is 0 Å². The first-order valence-electron chi connectivity index (χ1n) is 7.48. The molecular formula is C19H12N2O2S. The van der Waals surface area contributed by atoms with Gasteiger partial charge < -0.3 is 4.74 Å². The van der Waals surface area contributed by atoms with E-state index in [1.54, 1.807) is 6.08 Å². The van der Waals surface area contributed by atoms with Gasteiger partial charge in [-0.1, -0.05) is 30.3 Å². The van der Waals surface area contributed by atoms with Gasteiger partial charge in [-0.05, 0) is 24.3 Å². The average molecular weight is 332 g/mol. The molecule has 1 aliphatic heterocycles. The minimum Gasteiger partial charge on any atom is -0.488 e. The minimum atomic E-state index is -0.900. The molecule has 0 bridgehead atoms. The predicted octanol–water partition coefficient (Wildman–Crippen LogP) is 3.95. The molecule has 0 spiro atoms. The van der Waals surface area contributed by atoms with Crippen molar-refractivity contribution in [1.29, 1.82) is 5.26 Å². The number of ether oxygens (including phenoxy) is 1. The molecule has 116 valence electrons. The van der Waals surface area contributed by atoms with Crippen molar-refractivity contribution in [2.45, 2.75) is 5.92 Å². The van der Waals surface area contributed by atoms with E-state index in [4.69, 9.17) is 4.74 Å². The summed E-state index contributed by atoms with van der Waals surface area (Å²) in [5.74, 6) is -0.392. The third-order valence-corrected chi connectivity index (χ3v) is 5.00. The van der Waals surface area contributed by atoms with E-state index in [2.05, 4.69) is 11.1 Å². The summed E-state index contributed by atoms with van der Waals surface area (Å²) in [7, 11) is 0. The topological polar surface area (TPSA) is 63.0 Å². The molecule has 2 aromatic carbocycles. The number of carbonyl (C=O) groups excluding carboxylic acids is 1. The largest absolute Gasteiger partial charge is 0.488 e. The number of ketones is 1. The highest BCUT2D eigenvalue weighted by Gasteiger charge is 2.28. The summed E-state index contributed by atoms with van der Waals surface area (Å²) >= 11 is 1.39. The van der Waals surface area contributed by atoms with Crippen molar-refractivity contribution in [2.24, 2.45) is 0 Å². The molecule has 1 atom stereocenters. The van der Waals surface area contributed by atoms with Crippen LogP contribution < -0.4 is 4.74 Å². The highest BCUT2D eigenvalue weighted by molar-refractivity contribution is 7.18. The molecule has 0 aliphatic carbocycles. The molecule has 2 heterocycles. The second-order valence-electron chi connectivity index (χ2n) is 5.44. The molecule has 0 radical (unpaired) electrons. The minimum absolute atomic E-state index is 0.179. The molecule has 0 fully saturated rings. The number of aromatic nitrogens is 1. The number of nitriles is 1. The molecule has 4 nitrogen and oxygen atoms in total. The van der Waals surface area contributed by atoms with Gasteiger partial charge in [0.25, 0.3) is 0 Å². The Morgan fingerprint density at radius 2 is 2.00 bits per heavy atom. The lowest BCUT2D eigenvalue weighted by atomic mass is 9.96. The monoisotopic (exact) mass is 332 g/mol. The van der Waals surface area contributed by atoms with Crippen LogP contribution in [-0.2, 0) is 4.79 Å². The quantitative estimate of drug-likeness (QED) is 0.728. The van der Waals surface area contributed by atoms with E-state index in [1.165, 1.54) is 11.3 Å². The van der Waals surface area contributed by atoms with E-state index in [0.717, 1.165) is 21.5 Å². The first kappa shape index (κ1) is 14.6. The second-order valence-corrected chi connectivity index (χ2v) is 6.50. The standard InChI is InChI=1S/C19H12N2O2S/c20-10-14(19-21-15-6-2-4-8-17(15)24-19)18(22)13-9-12-5-1-3-7-16(12)23-11-13/h1-9,14H,11H2/t14-/m1/s1. The predicted molar refractivity (Wildman–Crippen MR) is 92.9 cm³/mol. The zero-order valence-corrected chi connectivity index (χ0v) is 13.4. The molecule has 1 aliphatic rings. The van der Waals surface area contributed by atoms with Gasteiger partial charge in [0.1, 0.15) is 17.4 Å². The van der Waals surface area contributed by atoms with E-state index < -0.39 is 5.92 Å². The van der Waals surface area contributed by atoms with Crippen LogP contribution in [0.3, 0.4) is 0 Å². The third-order valence-electron chi connectivity index (χ3n) is 3.90. The number of hydrogen-bond acceptors (Lipinski definition) is 5. The van der Waals surface area contributed by atoms with E-state index in [9.17, 15) is 10.1 Å². The molecule has 3 aromatic rings. The van der Waals surface area contributed by atoms with E-state index in [0.29, 0.717) is 10.6 Å². The van der Waals surface area contributed by atoms with Crippen LogP contribution in [0.15, 0.2) is 54.1 Å². The fraction of sp³-hybridized carbons (Fsp3) is 0.105. The van der Waals surface area contributed by atoms with Crippen molar-refractivity contribution >= 4 is 33.4 Å². The van der Waals surface area contributed by atoms with Gasteiger partial charge in [-0.2, -0.15) is 5.26 Å². The number of carbonyl (C=O) groups is 1. The lowest BCUT2D eigenvalue weighted by molar-refractivity contribution is -0.116. The molecule has 0 saturated heterocycles. The summed E-state index contributed by atoms with van der Waals surface area (Å²) in [4.78, 5) is 17.3. The molecule has 1 aromatic heterocycles. The third kappa shape index (κ3) is 2.47. The molecule has 0 amide bonds. The fourth-order valence-corrected chi connectivity index (χ4v) is 3.70. The zero-order chi connectivity index (χ0) is 16.5. The maximum absolute atomic E-state index is 12.8. The highest BCUT2D eigenvalue weighted by atomic mass is 32.1. The van der Waals surface area contributed by atoms with Crippen molar-refractivity contribution in [1.82, 2.24) is 4.98 Å². The number of thiazole rings is 1. The summed E-state index contributed by atoms with van der Waals surface area (Å²) in [6.07, 6.45) is 1.80. The van der Waals surface area contributed by atoms with Gasteiger partial charge >= 0.3 is 0 Å². The summed E-state index contributed by atoms with van der Waals surface area (Å²) in [5.41, 5.74) is 2.16. The van der Waals surface area contributed by atoms with Crippen LogP contribution in [0.5, 0.6) is 5.75 Å². The van der Waals surface area contributed by atoms with Crippen molar-refractivity contribution in [3.8, 4) is 11.8 Å². The fourth-order valence-electron chi connectivity index (χ4n) is 2.68. The summed E-state index contributed by atoms with van der Waals surface area (Å²) in [5, 5.41) is 10.1. The van der Waals surface area contributed by atoms with Gasteiger partial charge in [-0.3, -0.25) is 4.79 Å². The Bertz CT molecular complexity index is 980. The SMILES string of the molecule is N#C[C@H](C(=O)C1=Cc2ccccc2OC1)c1nc2ccccc2s1. The molecular weight excluding hydrogens is 320 g/mol. The number of nitrogens with zero attached hydrogens (tertiary/aromatic N) is 2. The Balaban J connectivity index is 1.70. The van der Waals surface area contributed by atoms with Gasteiger partial charge in [0.05, 0.1) is 16.3 Å². The molecule has 24 heavy (non-hydrogen) atoms. The van der Waals surface area contributed by atoms with Gasteiger partial charge in [-0.15, -0.1) is 11.3 Å². The van der Waals surface area contributed by atoms with E-state index in [-0.39, 0.29) is 12.4 Å². The van der Waals surface area contributed by atoms with Crippen LogP contribution in [0, 0.1) is 11.3 Å². The number of hydrogen-bond donors (Lipinski definition) is 0. The summed E-state index contributed by atoms with van der Waals surface area (Å²) in [6.45, 7) is 0.179. The van der Waals surface area contributed by atoms with Gasteiger partial charge in [0, 0.05) is 11.1 Å². The smallest absolute Gasteiger partial charge is 0.186 e. The Morgan fingerprint density at radius 3 is 2.83 bits per heavy atom. The number of rotatable bonds is 3. The number of para-hydroxylation sites is 2. The highest BCUT2D eigenvalue weighted by Crippen LogP contribution is 2.32. The molecule has 4 rings (SSSR count). The lowest BCUT2D eigenvalue weighted by Crippen LogP contribution is -2.20. The van der Waals surface area contributed by atoms with Crippen molar-refractivity contribution in [3.05, 3.63) is 64.7 Å². The molecule has 0 saturated carbocycles. The Hall–Kier alpha value is -2.97. The summed E-state index contributed by atoms with van der Waals surface area (Å²) < 4.78 is 6.60. The summed E-state index contributed by atoms with van der Waals surface area (Å²) in [6, 6.07) is 17.3. The van der Waals surface area contributed by atoms with E-state index in [1.807, 2.05) is 48.5 Å². The van der Waals surface area contributed by atoms with Crippen LogP contribution >= 0.6 is 11.3 Å². The first-order chi connectivity index (χ1) is 11.8. The molecule has 0 unspecified atom stereocenters. The number of fused-ring (bicyclic) bond motifs is 2. The first-order valence-corrected chi connectivity index (χ1v) is 8.29. The molecule has 0 N–H and O–H groups in total. The second kappa shape index (κ2) is 5.91. The lowest BCUT2D eigenvalue weighted by Gasteiger charge is -2.18. The van der Waals surface area contributed by atoms with Crippen LogP contribution in [0.4, 0.5) is 0 Å². The Kier molecular flexibility index (Phi) is 3.60. The number of benzene rings is 2. The van der Waals surface area contributed by atoms with Crippen LogP contribution in [0.1, 0.15) is 16.5 Å². The van der Waals surface area contributed by atoms with E-state index >= 15 is 0 Å². The van der Waals surface area contributed by atoms with Crippen LogP contribution in [0.25, 0.3) is 16.3 Å². The normalized spacial score (nSPS) is 14.2. The Morgan fingerprint density at radius 1 is 1.21 bits per heavy atom. The van der Waals surface area contributed by atoms with Crippen molar-refractivity contribution in [3.63, 3.8) is 0 Å². The van der Waals surface area contributed by atoms with Gasteiger partial charge in [0.15, 0.2) is 11.7 Å². The van der Waals surface area contributed by atoms with Crippen molar-refractivity contribution in [2.75, 3.05) is 6.61 Å². The number of Topliss-reactive ketones (excluding diaryl/α,β-unsaturated/α-hetero) is 1. The average Bonchev–Trinajstić information content (AvgIpc) is 3.05. The zero-order valence-electron chi connectivity index (χ0n) is 12.6. The van der Waals surface area contributed by atoms with Gasteiger partial charge in [-0.25, -0.2) is 4.98 Å². The Labute approximate surface area is 142 Å². The van der Waals surface area contributed by atoms with Crippen molar-refractivity contribution < 1.29 is 9.53 Å². The van der Waals surface area contributed by atoms with Crippen LogP contribution in [-0.4, -0.2) is 17.4 Å². The maximum Gasteiger partial charge on any atom is 0.186 e. The van der Waals surface area contributed by atoms with Gasteiger partial charge in [0.2, 0.25) is 0 Å².